The van der Waals surface area contributed by atoms with Crippen LogP contribution in [-0.4, -0.2) is 35.4 Å². The van der Waals surface area contributed by atoms with Crippen molar-refractivity contribution in [1.29, 1.82) is 0 Å². The van der Waals surface area contributed by atoms with E-state index in [0.29, 0.717) is 17.0 Å². The number of aliphatic carboxylic acids is 1. The molecular weight excluding hydrogens is 294 g/mol. The molecule has 0 unspecified atom stereocenters. The summed E-state index contributed by atoms with van der Waals surface area (Å²) in [6.07, 6.45) is -1.14. The number of nitrogens with two attached hydrogens (primary N) is 1. The van der Waals surface area contributed by atoms with Crippen molar-refractivity contribution in [2.24, 2.45) is 10.7 Å². The van der Waals surface area contributed by atoms with Gasteiger partial charge in [0.25, 0.3) is 5.91 Å². The topological polar surface area (TPSA) is 96.0 Å². The quantitative estimate of drug-likeness (QED) is 0.891. The predicted molar refractivity (Wildman–Crippen MR) is 86.5 cm³/mol. The van der Waals surface area contributed by atoms with E-state index in [-0.39, 0.29) is 0 Å². The minimum absolute atomic E-state index is 0.457. The van der Waals surface area contributed by atoms with Crippen molar-refractivity contribution in [2.45, 2.75) is 6.17 Å². The summed E-state index contributed by atoms with van der Waals surface area (Å²) in [5.41, 5.74) is 8.46. The molecule has 0 aliphatic carbocycles. The van der Waals surface area contributed by atoms with Crippen LogP contribution in [0.2, 0.25) is 0 Å². The minimum atomic E-state index is -1.14. The first-order valence-electron chi connectivity index (χ1n) is 7.09. The number of aliphatic imine (C=N–C) groups is 1. The third-order valence-corrected chi connectivity index (χ3v) is 3.58. The Morgan fingerprint density at radius 1 is 1.13 bits per heavy atom. The molecule has 0 radical (unpaired) electrons. The summed E-state index contributed by atoms with van der Waals surface area (Å²) in [7, 11) is 0. The maximum Gasteiger partial charge on any atom is 0.323 e. The second kappa shape index (κ2) is 6.02. The summed E-state index contributed by atoms with van der Waals surface area (Å²) in [5, 5.41) is 9.10. The molecule has 23 heavy (non-hydrogen) atoms. The summed E-state index contributed by atoms with van der Waals surface area (Å²) < 4.78 is 0. The highest BCUT2D eigenvalue weighted by atomic mass is 16.4. The van der Waals surface area contributed by atoms with Crippen LogP contribution in [0.5, 0.6) is 0 Å². The van der Waals surface area contributed by atoms with E-state index in [1.165, 1.54) is 4.90 Å². The van der Waals surface area contributed by atoms with E-state index in [9.17, 15) is 9.59 Å². The molecule has 0 spiro atoms. The van der Waals surface area contributed by atoms with Crippen molar-refractivity contribution < 1.29 is 14.7 Å². The Morgan fingerprint density at radius 3 is 2.48 bits per heavy atom. The largest absolute Gasteiger partial charge is 0.480 e. The number of carbonyl (C=O) groups excluding carboxylic acids is 1. The van der Waals surface area contributed by atoms with Gasteiger partial charge in [-0.1, -0.05) is 48.5 Å². The van der Waals surface area contributed by atoms with Crippen molar-refractivity contribution in [3.63, 3.8) is 0 Å². The monoisotopic (exact) mass is 309 g/mol. The molecule has 0 fully saturated rings. The average Bonchev–Trinajstić information content (AvgIpc) is 2.66. The van der Waals surface area contributed by atoms with Gasteiger partial charge < -0.3 is 10.8 Å². The molecule has 1 heterocycles. The van der Waals surface area contributed by atoms with E-state index in [0.717, 1.165) is 5.56 Å². The molecule has 1 atom stereocenters. The zero-order valence-electron chi connectivity index (χ0n) is 12.2. The molecule has 0 saturated carbocycles. The van der Waals surface area contributed by atoms with Gasteiger partial charge in [0.05, 0.1) is 11.4 Å². The van der Waals surface area contributed by atoms with Crippen molar-refractivity contribution in [3.8, 4) is 0 Å². The molecule has 2 aromatic rings. The fourth-order valence-corrected chi connectivity index (χ4v) is 2.58. The fourth-order valence-electron chi connectivity index (χ4n) is 2.58. The fraction of sp³-hybridized carbons (Fsp3) is 0.118. The Morgan fingerprint density at radius 2 is 1.78 bits per heavy atom. The number of benzodiazepines with no additional fused rings is 1. The number of amides is 1. The van der Waals surface area contributed by atoms with Crippen LogP contribution < -0.4 is 10.6 Å². The van der Waals surface area contributed by atoms with E-state index in [4.69, 9.17) is 10.8 Å². The normalized spacial score (nSPS) is 17.3. The van der Waals surface area contributed by atoms with Gasteiger partial charge in [0.1, 0.15) is 6.54 Å². The number of nitrogens with zero attached hydrogens (tertiary/aromatic N) is 2. The molecular formula is C17H15N3O3. The second-order valence-corrected chi connectivity index (χ2v) is 5.12. The number of para-hydroxylation sites is 1. The molecule has 0 aromatic heterocycles. The van der Waals surface area contributed by atoms with Gasteiger partial charge in [0.2, 0.25) is 0 Å². The molecule has 1 amide bonds. The van der Waals surface area contributed by atoms with Gasteiger partial charge in [-0.2, -0.15) is 0 Å². The lowest BCUT2D eigenvalue weighted by atomic mass is 10.0. The van der Waals surface area contributed by atoms with Gasteiger partial charge in [-0.05, 0) is 6.07 Å². The first-order valence-corrected chi connectivity index (χ1v) is 7.09. The maximum absolute atomic E-state index is 12.5. The highest BCUT2D eigenvalue weighted by Crippen LogP contribution is 2.27. The maximum atomic E-state index is 12.5. The molecule has 6 nitrogen and oxygen atoms in total. The van der Waals surface area contributed by atoms with Crippen LogP contribution in [0, 0.1) is 0 Å². The van der Waals surface area contributed by atoms with Gasteiger partial charge in [-0.15, -0.1) is 0 Å². The van der Waals surface area contributed by atoms with E-state index >= 15 is 0 Å². The summed E-state index contributed by atoms with van der Waals surface area (Å²) in [4.78, 5) is 29.1. The van der Waals surface area contributed by atoms with Crippen molar-refractivity contribution >= 4 is 23.3 Å². The van der Waals surface area contributed by atoms with Crippen LogP contribution in [0.3, 0.4) is 0 Å². The zero-order chi connectivity index (χ0) is 16.4. The Balaban J connectivity index is 2.20. The van der Waals surface area contributed by atoms with Gasteiger partial charge in [-0.25, -0.2) is 0 Å². The number of rotatable bonds is 3. The number of hydrogen-bond donors (Lipinski definition) is 2. The number of carboxylic acids is 1. The Labute approximate surface area is 132 Å². The lowest BCUT2D eigenvalue weighted by molar-refractivity contribution is -0.136. The number of benzene rings is 2. The van der Waals surface area contributed by atoms with E-state index in [1.54, 1.807) is 18.2 Å². The van der Waals surface area contributed by atoms with Crippen molar-refractivity contribution in [1.82, 2.24) is 0 Å². The number of carboxylic acid groups (broad SMARTS) is 1. The van der Waals surface area contributed by atoms with Crippen molar-refractivity contribution in [2.75, 3.05) is 11.4 Å². The van der Waals surface area contributed by atoms with Gasteiger partial charge >= 0.3 is 5.97 Å². The van der Waals surface area contributed by atoms with Gasteiger partial charge in [0.15, 0.2) is 6.17 Å². The number of fused-ring (bicyclic) bond motifs is 1. The molecule has 116 valence electrons. The van der Waals surface area contributed by atoms with Crippen LogP contribution in [0.4, 0.5) is 5.69 Å². The molecule has 1 aliphatic rings. The molecule has 0 saturated heterocycles. The summed E-state index contributed by atoms with van der Waals surface area (Å²) >= 11 is 0. The lowest BCUT2D eigenvalue weighted by Gasteiger charge is -2.22. The van der Waals surface area contributed by atoms with E-state index in [1.807, 2.05) is 36.4 Å². The predicted octanol–water partition coefficient (Wildman–Crippen LogP) is 1.24. The average molecular weight is 309 g/mol. The standard InChI is InChI=1S/C17H15N3O3/c18-16-17(23)20(10-14(21)22)13-9-5-4-8-12(13)15(19-16)11-6-2-1-3-7-11/h1-9,16H,10,18H2,(H,21,22)/t16-/m0/s1. The molecule has 2 aromatic carbocycles. The lowest BCUT2D eigenvalue weighted by Crippen LogP contribution is -2.44. The van der Waals surface area contributed by atoms with Crippen molar-refractivity contribution in [3.05, 3.63) is 65.7 Å². The Kier molecular flexibility index (Phi) is 3.91. The minimum Gasteiger partial charge on any atom is -0.480 e. The summed E-state index contributed by atoms with van der Waals surface area (Å²) in [6.45, 7) is -0.457. The first-order chi connectivity index (χ1) is 11.1. The number of anilines is 1. The second-order valence-electron chi connectivity index (χ2n) is 5.12. The van der Waals surface area contributed by atoms with E-state index < -0.39 is 24.6 Å². The third-order valence-electron chi connectivity index (χ3n) is 3.58. The van der Waals surface area contributed by atoms with Crippen LogP contribution in [0.1, 0.15) is 11.1 Å². The smallest absolute Gasteiger partial charge is 0.323 e. The molecule has 3 N–H and O–H groups in total. The Bertz CT molecular complexity index is 787. The highest BCUT2D eigenvalue weighted by molar-refractivity contribution is 6.20. The first kappa shape index (κ1) is 14.9. The molecule has 6 heteroatoms. The van der Waals surface area contributed by atoms with E-state index in [2.05, 4.69) is 4.99 Å². The molecule has 1 aliphatic heterocycles. The molecule has 0 bridgehead atoms. The van der Waals surface area contributed by atoms with Crippen LogP contribution in [0.25, 0.3) is 0 Å². The number of hydrogen-bond acceptors (Lipinski definition) is 4. The highest BCUT2D eigenvalue weighted by Gasteiger charge is 2.30. The number of carbonyl (C=O) groups is 2. The van der Waals surface area contributed by atoms with Gasteiger partial charge in [-0.3, -0.25) is 19.5 Å². The Hall–Kier alpha value is -2.99. The summed E-state index contributed by atoms with van der Waals surface area (Å²) in [5.74, 6) is -1.64. The van der Waals surface area contributed by atoms with Crippen LogP contribution >= 0.6 is 0 Å². The zero-order valence-corrected chi connectivity index (χ0v) is 12.2. The third kappa shape index (κ3) is 2.84. The molecule has 3 rings (SSSR count). The summed E-state index contributed by atoms with van der Waals surface area (Å²) in [6, 6.07) is 16.4. The van der Waals surface area contributed by atoms with Gasteiger partial charge in [0, 0.05) is 11.1 Å². The van der Waals surface area contributed by atoms with Crippen LogP contribution in [-0.2, 0) is 9.59 Å². The SMILES string of the molecule is N[C@H]1N=C(c2ccccc2)c2ccccc2N(CC(=O)O)C1=O. The van der Waals surface area contributed by atoms with Crippen LogP contribution in [0.15, 0.2) is 59.6 Å².